The Morgan fingerprint density at radius 1 is 1.20 bits per heavy atom. The van der Waals surface area contributed by atoms with Crippen molar-refractivity contribution in [3.05, 3.63) is 58.8 Å². The van der Waals surface area contributed by atoms with Crippen molar-refractivity contribution in [3.8, 4) is 0 Å². The highest BCUT2D eigenvalue weighted by molar-refractivity contribution is 5.89. The number of dihydropyridines is 1. The zero-order chi connectivity index (χ0) is 28.5. The fraction of sp³-hybridized carbons (Fsp3) is 0.531. The number of imidazole rings is 1. The second-order valence-electron chi connectivity index (χ2n) is 13.7. The minimum Gasteiger partial charge on any atom is -0.343 e. The van der Waals surface area contributed by atoms with E-state index in [1.165, 1.54) is 22.4 Å². The van der Waals surface area contributed by atoms with Gasteiger partial charge in [-0.05, 0) is 60.8 Å². The van der Waals surface area contributed by atoms with E-state index < -0.39 is 5.41 Å². The summed E-state index contributed by atoms with van der Waals surface area (Å²) in [7, 11) is 0. The fourth-order valence-electron chi connectivity index (χ4n) is 7.68. The number of carbonyl (C=O) groups excluding carboxylic acids is 2. The molecular weight excluding hydrogens is 514 g/mol. The van der Waals surface area contributed by atoms with E-state index in [-0.39, 0.29) is 35.2 Å². The minimum atomic E-state index is -0.470. The normalized spacial score (nSPS) is 24.7. The van der Waals surface area contributed by atoms with Gasteiger partial charge in [0.25, 0.3) is 0 Å². The van der Waals surface area contributed by atoms with Crippen LogP contribution in [0.4, 0.5) is 0 Å². The summed E-state index contributed by atoms with van der Waals surface area (Å²) in [6, 6.07) is 2.27. The minimum absolute atomic E-state index is 0.0214. The highest BCUT2D eigenvalue weighted by Gasteiger charge is 2.55. The van der Waals surface area contributed by atoms with Gasteiger partial charge in [0.2, 0.25) is 11.8 Å². The summed E-state index contributed by atoms with van der Waals surface area (Å²) in [6.07, 6.45) is 13.0. The van der Waals surface area contributed by atoms with E-state index in [2.05, 4.69) is 64.9 Å². The first-order chi connectivity index (χ1) is 19.6. The second kappa shape index (κ2) is 9.39. The molecule has 2 unspecified atom stereocenters. The van der Waals surface area contributed by atoms with Crippen LogP contribution >= 0.6 is 0 Å². The van der Waals surface area contributed by atoms with E-state index in [1.807, 2.05) is 23.4 Å². The van der Waals surface area contributed by atoms with Crippen LogP contribution in [0.3, 0.4) is 0 Å². The number of amides is 2. The fourth-order valence-corrected chi connectivity index (χ4v) is 7.68. The molecular formula is C32H39N7O2. The lowest BCUT2D eigenvalue weighted by Gasteiger charge is -2.41. The van der Waals surface area contributed by atoms with Gasteiger partial charge in [-0.1, -0.05) is 32.9 Å². The summed E-state index contributed by atoms with van der Waals surface area (Å²) in [5.74, 6) is 1.27. The molecule has 0 saturated carbocycles. The monoisotopic (exact) mass is 553 g/mol. The molecule has 2 fully saturated rings. The Balaban J connectivity index is 1.16. The predicted molar refractivity (Wildman–Crippen MR) is 158 cm³/mol. The Morgan fingerprint density at radius 2 is 2.00 bits per heavy atom. The van der Waals surface area contributed by atoms with E-state index in [9.17, 15) is 9.59 Å². The summed E-state index contributed by atoms with van der Waals surface area (Å²) in [6.45, 7) is 10.8. The number of carbonyl (C=O) groups is 2. The number of aromatic amines is 1. The van der Waals surface area contributed by atoms with E-state index in [1.54, 1.807) is 6.21 Å². The quantitative estimate of drug-likeness (QED) is 0.510. The van der Waals surface area contributed by atoms with Gasteiger partial charge in [-0.2, -0.15) is 5.10 Å². The molecule has 3 aromatic rings. The van der Waals surface area contributed by atoms with Crippen molar-refractivity contribution in [3.63, 3.8) is 0 Å². The number of fused-ring (bicyclic) bond motifs is 6. The molecule has 2 saturated heterocycles. The third kappa shape index (κ3) is 4.32. The molecule has 4 aliphatic heterocycles. The molecule has 1 aromatic carbocycles. The van der Waals surface area contributed by atoms with Gasteiger partial charge in [0.1, 0.15) is 12.0 Å². The molecule has 2 amide bonds. The van der Waals surface area contributed by atoms with Crippen LogP contribution in [0.15, 0.2) is 35.6 Å². The smallest absolute Gasteiger partial charge is 0.228 e. The third-order valence-electron chi connectivity index (χ3n) is 9.76. The topological polar surface area (TPSA) is 108 Å². The molecule has 6 heterocycles. The number of aryl methyl sites for hydroxylation is 1. The van der Waals surface area contributed by atoms with E-state index in [0.29, 0.717) is 32.4 Å². The lowest BCUT2D eigenvalue weighted by atomic mass is 9.69. The van der Waals surface area contributed by atoms with Crippen LogP contribution in [-0.4, -0.2) is 61.9 Å². The zero-order valence-electron chi connectivity index (χ0n) is 24.4. The van der Waals surface area contributed by atoms with Gasteiger partial charge in [0.05, 0.1) is 23.7 Å². The van der Waals surface area contributed by atoms with Gasteiger partial charge in [0.15, 0.2) is 0 Å². The molecule has 0 bridgehead atoms. The average Bonchev–Trinajstić information content (AvgIpc) is 3.61. The van der Waals surface area contributed by atoms with Gasteiger partial charge >= 0.3 is 0 Å². The summed E-state index contributed by atoms with van der Waals surface area (Å²) in [5, 5.41) is 11.8. The molecule has 0 aliphatic carbocycles. The third-order valence-corrected chi connectivity index (χ3v) is 9.76. The van der Waals surface area contributed by atoms with Crippen molar-refractivity contribution in [2.24, 2.45) is 21.7 Å². The first-order valence-corrected chi connectivity index (χ1v) is 14.9. The maximum Gasteiger partial charge on any atom is 0.228 e. The summed E-state index contributed by atoms with van der Waals surface area (Å²) in [4.78, 5) is 38.4. The largest absolute Gasteiger partial charge is 0.343 e. The lowest BCUT2D eigenvalue weighted by Crippen LogP contribution is -2.48. The van der Waals surface area contributed by atoms with Gasteiger partial charge in [-0.3, -0.25) is 19.7 Å². The molecule has 2 aromatic heterocycles. The standard InChI is InChI=1S/C32H39N7O2/c1-19-12-20-13-21(14-26(40)38-10-7-32(8-11-38)25-6-5-9-33-28(25)36-30(32)41)29-34-16-22(15-31(2,3)4)39(29)18-24(20)23-17-35-37-27(19)23/h5-6,9,12,16-17,21,25,28H,7-8,10-11,13-15,18H2,1-4H3,(H,35,37)(H,36,41)/t21-,25?,28?/m0/s1. The van der Waals surface area contributed by atoms with E-state index in [0.717, 1.165) is 36.1 Å². The maximum atomic E-state index is 13.9. The first-order valence-electron chi connectivity index (χ1n) is 14.9. The molecule has 9 nitrogen and oxygen atoms in total. The van der Waals surface area contributed by atoms with Crippen molar-refractivity contribution in [2.45, 2.75) is 78.4 Å². The van der Waals surface area contributed by atoms with Crippen LogP contribution in [0.1, 0.15) is 74.2 Å². The maximum absolute atomic E-state index is 13.9. The Labute approximate surface area is 240 Å². The van der Waals surface area contributed by atoms with Crippen LogP contribution in [0.5, 0.6) is 0 Å². The second-order valence-corrected chi connectivity index (χ2v) is 13.7. The van der Waals surface area contributed by atoms with Gasteiger partial charge in [0, 0.05) is 54.8 Å². The number of rotatable bonds is 3. The Bertz CT molecular complexity index is 1600. The highest BCUT2D eigenvalue weighted by Crippen LogP contribution is 2.47. The van der Waals surface area contributed by atoms with Crippen molar-refractivity contribution in [1.29, 1.82) is 0 Å². The Morgan fingerprint density at radius 3 is 2.78 bits per heavy atom. The lowest BCUT2D eigenvalue weighted by molar-refractivity contribution is -0.139. The number of hydrogen-bond acceptors (Lipinski definition) is 5. The molecule has 3 atom stereocenters. The molecule has 214 valence electrons. The number of H-pyrrole nitrogens is 1. The molecule has 41 heavy (non-hydrogen) atoms. The zero-order valence-corrected chi connectivity index (χ0v) is 24.4. The molecule has 4 aliphatic rings. The Hall–Kier alpha value is -3.75. The molecule has 9 heteroatoms. The molecule has 0 radical (unpaired) electrons. The predicted octanol–water partition coefficient (Wildman–Crippen LogP) is 4.06. The number of aliphatic imine (C=N–C) groups is 1. The highest BCUT2D eigenvalue weighted by atomic mass is 16.2. The number of benzene rings is 1. The van der Waals surface area contributed by atoms with Crippen LogP contribution in [0.2, 0.25) is 0 Å². The van der Waals surface area contributed by atoms with Crippen LogP contribution in [0, 0.1) is 23.7 Å². The summed E-state index contributed by atoms with van der Waals surface area (Å²) in [5.41, 5.74) is 5.65. The SMILES string of the molecule is Cc1cc2c(c3cn[nH]c13)Cn1c(CC(C)(C)C)cnc1[C@H](CC(=O)N1CCC3(CC1)C(=O)NC1N=CC=CC13)C2. The molecule has 1 spiro atoms. The summed E-state index contributed by atoms with van der Waals surface area (Å²) >= 11 is 0. The van der Waals surface area contributed by atoms with Crippen LogP contribution in [-0.2, 0) is 29.0 Å². The number of nitrogens with zero attached hydrogens (tertiary/aromatic N) is 5. The number of piperidine rings is 1. The van der Waals surface area contributed by atoms with Crippen molar-refractivity contribution >= 4 is 28.9 Å². The van der Waals surface area contributed by atoms with Crippen molar-refractivity contribution in [2.75, 3.05) is 13.1 Å². The van der Waals surface area contributed by atoms with E-state index in [4.69, 9.17) is 4.98 Å². The number of nitrogens with one attached hydrogen (secondary N) is 2. The average molecular weight is 554 g/mol. The van der Waals surface area contributed by atoms with Crippen LogP contribution < -0.4 is 5.32 Å². The number of hydrogen-bond donors (Lipinski definition) is 2. The number of likely N-dealkylation sites (tertiary alicyclic amines) is 1. The van der Waals surface area contributed by atoms with Gasteiger partial charge < -0.3 is 14.8 Å². The van der Waals surface area contributed by atoms with Crippen LogP contribution in [0.25, 0.3) is 10.9 Å². The van der Waals surface area contributed by atoms with Gasteiger partial charge in [-0.25, -0.2) is 4.98 Å². The van der Waals surface area contributed by atoms with Crippen molar-refractivity contribution < 1.29 is 9.59 Å². The number of aromatic nitrogens is 4. The molecule has 7 rings (SSSR count). The van der Waals surface area contributed by atoms with Crippen molar-refractivity contribution in [1.82, 2.24) is 30.0 Å². The first kappa shape index (κ1) is 26.2. The summed E-state index contributed by atoms with van der Waals surface area (Å²) < 4.78 is 2.36. The Kier molecular flexibility index (Phi) is 5.99. The van der Waals surface area contributed by atoms with E-state index >= 15 is 0 Å². The van der Waals surface area contributed by atoms with Gasteiger partial charge in [-0.15, -0.1) is 0 Å². The number of allylic oxidation sites excluding steroid dienone is 1. The molecule has 2 N–H and O–H groups in total.